The summed E-state index contributed by atoms with van der Waals surface area (Å²) in [7, 11) is 0. The molecule has 1 unspecified atom stereocenters. The third-order valence-corrected chi connectivity index (χ3v) is 5.73. The van der Waals surface area contributed by atoms with Crippen LogP contribution in [0.5, 0.6) is 0 Å². The smallest absolute Gasteiger partial charge is 0.254 e. The van der Waals surface area contributed by atoms with E-state index in [2.05, 4.69) is 0 Å². The number of benzene rings is 2. The Morgan fingerprint density at radius 2 is 1.86 bits per heavy atom. The molecule has 1 aliphatic heterocycles. The van der Waals surface area contributed by atoms with Crippen LogP contribution in [0, 0.1) is 13.8 Å². The summed E-state index contributed by atoms with van der Waals surface area (Å²) in [4.78, 5) is 27.6. The molecule has 0 aromatic heterocycles. The number of hydrogen-bond donors (Lipinski definition) is 2. The maximum atomic E-state index is 13.3. The predicted molar refractivity (Wildman–Crippen MR) is 112 cm³/mol. The van der Waals surface area contributed by atoms with Gasteiger partial charge in [-0.3, -0.25) is 9.59 Å². The van der Waals surface area contributed by atoms with Gasteiger partial charge in [-0.05, 0) is 48.9 Å². The van der Waals surface area contributed by atoms with Gasteiger partial charge in [0.05, 0.1) is 6.04 Å². The number of fused-ring (bicyclic) bond motifs is 1. The Balaban J connectivity index is 2.02. The minimum atomic E-state index is -0.791. The number of nitrogens with zero attached hydrogens (tertiary/aromatic N) is 1. The second kappa shape index (κ2) is 8.15. The first-order valence-corrected chi connectivity index (χ1v) is 9.89. The molecule has 1 heterocycles. The van der Waals surface area contributed by atoms with Crippen molar-refractivity contribution in [1.29, 1.82) is 0 Å². The van der Waals surface area contributed by atoms with Crippen molar-refractivity contribution >= 4 is 17.4 Å². The van der Waals surface area contributed by atoms with E-state index in [1.54, 1.807) is 0 Å². The van der Waals surface area contributed by atoms with E-state index in [0.29, 0.717) is 36.3 Å². The highest BCUT2D eigenvalue weighted by Gasteiger charge is 2.32. The van der Waals surface area contributed by atoms with Gasteiger partial charge in [-0.2, -0.15) is 0 Å². The number of carbonyl (C=O) groups is 2. The fraction of sp³-hybridized carbons (Fsp3) is 0.391. The van der Waals surface area contributed by atoms with Gasteiger partial charge >= 0.3 is 0 Å². The van der Waals surface area contributed by atoms with Crippen molar-refractivity contribution in [3.63, 3.8) is 0 Å². The van der Waals surface area contributed by atoms with Crippen LogP contribution >= 0.6 is 0 Å². The lowest BCUT2D eigenvalue weighted by Crippen LogP contribution is -2.39. The molecule has 2 aromatic rings. The fourth-order valence-electron chi connectivity index (χ4n) is 4.14. The number of hydrogen-bond acceptors (Lipinski definition) is 4. The van der Waals surface area contributed by atoms with Gasteiger partial charge in [0.15, 0.2) is 5.78 Å². The summed E-state index contributed by atoms with van der Waals surface area (Å²) < 4.78 is 0. The third-order valence-electron chi connectivity index (χ3n) is 5.73. The summed E-state index contributed by atoms with van der Waals surface area (Å²) in [5.74, 6) is -0.0526. The van der Waals surface area contributed by atoms with Crippen LogP contribution in [0.3, 0.4) is 0 Å². The molecule has 28 heavy (non-hydrogen) atoms. The van der Waals surface area contributed by atoms with Gasteiger partial charge in [0.2, 0.25) is 0 Å². The Labute approximate surface area is 166 Å². The van der Waals surface area contributed by atoms with E-state index < -0.39 is 6.04 Å². The molecule has 2 aromatic carbocycles. The number of ketones is 1. The number of rotatable bonds is 6. The molecule has 1 atom stereocenters. The van der Waals surface area contributed by atoms with E-state index in [-0.39, 0.29) is 11.7 Å². The Morgan fingerprint density at radius 1 is 1.18 bits per heavy atom. The van der Waals surface area contributed by atoms with Crippen molar-refractivity contribution in [3.8, 4) is 0 Å². The number of amides is 1. The van der Waals surface area contributed by atoms with Gasteiger partial charge in [0.1, 0.15) is 0 Å². The minimum absolute atomic E-state index is 0.0120. The Bertz CT molecular complexity index is 906. The van der Waals surface area contributed by atoms with Crippen molar-refractivity contribution in [2.75, 3.05) is 12.3 Å². The molecule has 5 nitrogen and oxygen atoms in total. The van der Waals surface area contributed by atoms with Crippen molar-refractivity contribution in [2.24, 2.45) is 5.73 Å². The molecular weight excluding hydrogens is 350 g/mol. The predicted octanol–water partition coefficient (Wildman–Crippen LogP) is 3.45. The molecule has 5 heteroatoms. The van der Waals surface area contributed by atoms with E-state index in [1.165, 1.54) is 0 Å². The summed E-state index contributed by atoms with van der Waals surface area (Å²) in [5.41, 5.74) is 18.2. The lowest BCUT2D eigenvalue weighted by Gasteiger charge is -2.33. The topological polar surface area (TPSA) is 89.4 Å². The zero-order chi connectivity index (χ0) is 20.4. The largest absolute Gasteiger partial charge is 0.398 e. The number of nitrogens with two attached hydrogens (primary N) is 2. The number of Topliss-reactive ketones (excluding diaryl/α,β-unsaturated/α-hetero) is 1. The van der Waals surface area contributed by atoms with Crippen LogP contribution in [0.25, 0.3) is 0 Å². The van der Waals surface area contributed by atoms with Crippen LogP contribution < -0.4 is 11.5 Å². The molecule has 0 fully saturated rings. The first-order valence-electron chi connectivity index (χ1n) is 9.89. The molecular formula is C23H29N3O2. The van der Waals surface area contributed by atoms with E-state index in [0.717, 1.165) is 35.1 Å². The van der Waals surface area contributed by atoms with Crippen LogP contribution in [0.1, 0.15) is 64.0 Å². The molecule has 0 aliphatic carbocycles. The fourth-order valence-corrected chi connectivity index (χ4v) is 4.14. The average molecular weight is 380 g/mol. The van der Waals surface area contributed by atoms with E-state index >= 15 is 0 Å². The molecule has 0 spiro atoms. The maximum Gasteiger partial charge on any atom is 0.254 e. The highest BCUT2D eigenvalue weighted by atomic mass is 16.2. The van der Waals surface area contributed by atoms with Gasteiger partial charge in [0, 0.05) is 36.3 Å². The zero-order valence-corrected chi connectivity index (χ0v) is 16.9. The van der Waals surface area contributed by atoms with Crippen LogP contribution in [0.4, 0.5) is 5.69 Å². The van der Waals surface area contributed by atoms with E-state index in [4.69, 9.17) is 11.5 Å². The van der Waals surface area contributed by atoms with Crippen LogP contribution in [-0.2, 0) is 17.8 Å². The first-order chi connectivity index (χ1) is 13.4. The second-order valence-electron chi connectivity index (χ2n) is 7.59. The molecule has 0 radical (unpaired) electrons. The van der Waals surface area contributed by atoms with E-state index in [9.17, 15) is 9.59 Å². The molecule has 0 saturated carbocycles. The molecule has 0 saturated heterocycles. The highest BCUT2D eigenvalue weighted by molar-refractivity contribution is 6.01. The van der Waals surface area contributed by atoms with Gasteiger partial charge in [-0.1, -0.05) is 37.3 Å². The van der Waals surface area contributed by atoms with Crippen LogP contribution in [0.15, 0.2) is 30.3 Å². The van der Waals surface area contributed by atoms with Crippen molar-refractivity contribution in [1.82, 2.24) is 4.90 Å². The number of anilines is 1. The summed E-state index contributed by atoms with van der Waals surface area (Å²) in [6.45, 7) is 6.96. The highest BCUT2D eigenvalue weighted by Crippen LogP contribution is 2.36. The normalized spacial score (nSPS) is 14.7. The summed E-state index contributed by atoms with van der Waals surface area (Å²) in [6, 6.07) is 9.17. The monoisotopic (exact) mass is 379 g/mol. The third kappa shape index (κ3) is 3.54. The summed E-state index contributed by atoms with van der Waals surface area (Å²) in [6.07, 6.45) is 1.90. The molecule has 1 amide bonds. The zero-order valence-electron chi connectivity index (χ0n) is 16.9. The number of nitrogen functional groups attached to an aromatic ring is 1. The summed E-state index contributed by atoms with van der Waals surface area (Å²) in [5, 5.41) is 0. The SMILES string of the molecule is CCCC(=O)C(N)c1c(C)c2c(c(C)c1N)CCN(Cc1ccccc1)C2=O. The van der Waals surface area contributed by atoms with Gasteiger partial charge in [-0.25, -0.2) is 0 Å². The Morgan fingerprint density at radius 3 is 2.50 bits per heavy atom. The van der Waals surface area contributed by atoms with Crippen molar-refractivity contribution in [2.45, 2.75) is 52.6 Å². The minimum Gasteiger partial charge on any atom is -0.398 e. The Hall–Kier alpha value is -2.66. The lowest BCUT2D eigenvalue weighted by molar-refractivity contribution is -0.120. The first kappa shape index (κ1) is 20.1. The standard InChI is InChI=1S/C23H29N3O2/c1-4-8-18(27)22(25)20-15(3)19-17(14(2)21(20)24)11-12-26(23(19)28)13-16-9-6-5-7-10-16/h5-7,9-10,22H,4,8,11-13,24-25H2,1-3H3. The van der Waals surface area contributed by atoms with Crippen LogP contribution in [-0.4, -0.2) is 23.1 Å². The number of carbonyl (C=O) groups excluding carboxylic acids is 2. The van der Waals surface area contributed by atoms with Gasteiger partial charge in [0.25, 0.3) is 5.91 Å². The van der Waals surface area contributed by atoms with E-state index in [1.807, 2.05) is 56.0 Å². The molecule has 4 N–H and O–H groups in total. The van der Waals surface area contributed by atoms with Crippen LogP contribution in [0.2, 0.25) is 0 Å². The Kier molecular flexibility index (Phi) is 5.84. The maximum absolute atomic E-state index is 13.3. The summed E-state index contributed by atoms with van der Waals surface area (Å²) >= 11 is 0. The lowest BCUT2D eigenvalue weighted by atomic mass is 9.83. The van der Waals surface area contributed by atoms with Gasteiger partial charge < -0.3 is 16.4 Å². The quantitative estimate of drug-likeness (QED) is 0.752. The van der Waals surface area contributed by atoms with Gasteiger partial charge in [-0.15, -0.1) is 0 Å². The molecule has 148 valence electrons. The van der Waals surface area contributed by atoms with Crippen molar-refractivity contribution < 1.29 is 9.59 Å². The molecule has 3 rings (SSSR count). The van der Waals surface area contributed by atoms with Crippen molar-refractivity contribution in [3.05, 3.63) is 63.7 Å². The average Bonchev–Trinajstić information content (AvgIpc) is 2.68. The molecule has 1 aliphatic rings. The second-order valence-corrected chi connectivity index (χ2v) is 7.59. The molecule has 0 bridgehead atoms.